The van der Waals surface area contributed by atoms with Crippen LogP contribution in [-0.2, 0) is 9.59 Å². The van der Waals surface area contributed by atoms with Crippen molar-refractivity contribution in [2.24, 2.45) is 0 Å². The lowest BCUT2D eigenvalue weighted by atomic mass is 10.0. The van der Waals surface area contributed by atoms with E-state index in [0.29, 0.717) is 22.7 Å². The predicted octanol–water partition coefficient (Wildman–Crippen LogP) is 4.03. The molecule has 0 saturated heterocycles. The molecule has 0 saturated carbocycles. The van der Waals surface area contributed by atoms with Gasteiger partial charge >= 0.3 is 0 Å². The smallest absolute Gasteiger partial charge is 0.282 e. The van der Waals surface area contributed by atoms with Crippen LogP contribution >= 0.6 is 0 Å². The van der Waals surface area contributed by atoms with Crippen molar-refractivity contribution in [1.29, 1.82) is 0 Å². The number of methoxy groups -OCH3 is 2. The summed E-state index contributed by atoms with van der Waals surface area (Å²) in [7, 11) is 4.64. The molecule has 3 aromatic carbocycles. The first-order valence-electron chi connectivity index (χ1n) is 10.3. The number of amides is 2. The Balaban J connectivity index is 1.88. The number of nitro benzene ring substituents is 1. The van der Waals surface area contributed by atoms with Gasteiger partial charge < -0.3 is 14.4 Å². The Kier molecular flexibility index (Phi) is 6.01. The van der Waals surface area contributed by atoms with Crippen LogP contribution in [0.2, 0.25) is 0 Å². The molecule has 1 heterocycles. The molecule has 0 spiro atoms. The highest BCUT2D eigenvalue weighted by molar-refractivity contribution is 6.46. The summed E-state index contributed by atoms with van der Waals surface area (Å²) in [6.07, 6.45) is 0. The van der Waals surface area contributed by atoms with Gasteiger partial charge in [-0.25, -0.2) is 4.90 Å². The van der Waals surface area contributed by atoms with E-state index in [1.807, 2.05) is 30.3 Å². The van der Waals surface area contributed by atoms with Crippen LogP contribution in [0, 0.1) is 10.1 Å². The van der Waals surface area contributed by atoms with Crippen LogP contribution in [0.4, 0.5) is 17.1 Å². The maximum atomic E-state index is 13.7. The quantitative estimate of drug-likeness (QED) is 0.299. The molecule has 0 fully saturated rings. The molecule has 2 amide bonds. The van der Waals surface area contributed by atoms with Gasteiger partial charge in [0.25, 0.3) is 17.5 Å². The third-order valence-corrected chi connectivity index (χ3v) is 5.50. The molecule has 0 bridgehead atoms. The van der Waals surface area contributed by atoms with Crippen LogP contribution in [0.15, 0.2) is 78.5 Å². The number of para-hydroxylation sites is 1. The Morgan fingerprint density at radius 3 is 1.97 bits per heavy atom. The van der Waals surface area contributed by atoms with Crippen molar-refractivity contribution in [3.05, 3.63) is 94.2 Å². The monoisotopic (exact) mass is 459 g/mol. The van der Waals surface area contributed by atoms with Crippen molar-refractivity contribution in [2.75, 3.05) is 31.1 Å². The van der Waals surface area contributed by atoms with E-state index in [-0.39, 0.29) is 22.6 Å². The Morgan fingerprint density at radius 2 is 1.44 bits per heavy atom. The number of nitro groups is 1. The maximum absolute atomic E-state index is 13.7. The minimum absolute atomic E-state index is 0.117. The lowest BCUT2D eigenvalue weighted by Gasteiger charge is -2.22. The summed E-state index contributed by atoms with van der Waals surface area (Å²) in [6.45, 7) is 0. The van der Waals surface area contributed by atoms with Crippen molar-refractivity contribution in [1.82, 2.24) is 0 Å². The van der Waals surface area contributed by atoms with Gasteiger partial charge in [-0.2, -0.15) is 0 Å². The average molecular weight is 459 g/mol. The molecule has 1 aliphatic heterocycles. The summed E-state index contributed by atoms with van der Waals surface area (Å²) in [6, 6.07) is 19.4. The van der Waals surface area contributed by atoms with E-state index in [1.54, 1.807) is 30.1 Å². The van der Waals surface area contributed by atoms with Crippen molar-refractivity contribution in [3.8, 4) is 11.5 Å². The molecule has 0 atom stereocenters. The molecule has 3 aromatic rings. The Morgan fingerprint density at radius 1 is 0.853 bits per heavy atom. The number of likely N-dealkylation sites (N-methyl/N-ethyl adjacent to an activating group) is 1. The van der Waals surface area contributed by atoms with E-state index in [4.69, 9.17) is 9.47 Å². The molecule has 9 nitrogen and oxygen atoms in total. The van der Waals surface area contributed by atoms with E-state index in [2.05, 4.69) is 0 Å². The Hall–Kier alpha value is -4.66. The fourth-order valence-corrected chi connectivity index (χ4v) is 3.78. The molecule has 0 radical (unpaired) electrons. The number of nitrogens with zero attached hydrogens (tertiary/aromatic N) is 3. The number of carbonyl (C=O) groups is 2. The molecule has 1 aliphatic rings. The van der Waals surface area contributed by atoms with Gasteiger partial charge in [0.2, 0.25) is 0 Å². The number of rotatable bonds is 7. The zero-order valence-corrected chi connectivity index (χ0v) is 18.7. The van der Waals surface area contributed by atoms with Crippen LogP contribution < -0.4 is 19.3 Å². The molecular formula is C25H21N3O6. The van der Waals surface area contributed by atoms with Gasteiger partial charge in [0.15, 0.2) is 0 Å². The lowest BCUT2D eigenvalue weighted by molar-refractivity contribution is -0.384. The van der Waals surface area contributed by atoms with E-state index in [1.165, 1.54) is 38.5 Å². The SMILES string of the molecule is COc1cc(OC)cc(N2C(=O)C(c3ccc([N+](=O)[O-])cc3)=C(N(C)c3ccccc3)C2=O)c1. The fourth-order valence-electron chi connectivity index (χ4n) is 3.78. The van der Waals surface area contributed by atoms with Crippen molar-refractivity contribution >= 4 is 34.4 Å². The summed E-state index contributed by atoms with van der Waals surface area (Å²) in [5.74, 6) is -0.277. The number of ether oxygens (including phenoxy) is 2. The van der Waals surface area contributed by atoms with Crippen molar-refractivity contribution in [2.45, 2.75) is 0 Å². The molecule has 0 N–H and O–H groups in total. The molecule has 4 rings (SSSR count). The van der Waals surface area contributed by atoms with Crippen LogP contribution in [-0.4, -0.2) is 38.0 Å². The zero-order valence-electron chi connectivity index (χ0n) is 18.7. The second-order valence-electron chi connectivity index (χ2n) is 7.44. The van der Waals surface area contributed by atoms with E-state index in [9.17, 15) is 19.7 Å². The number of benzene rings is 3. The van der Waals surface area contributed by atoms with Crippen molar-refractivity contribution in [3.63, 3.8) is 0 Å². The van der Waals surface area contributed by atoms with Gasteiger partial charge in [-0.1, -0.05) is 18.2 Å². The summed E-state index contributed by atoms with van der Waals surface area (Å²) in [4.78, 5) is 40.7. The first kappa shape index (κ1) is 22.5. The van der Waals surface area contributed by atoms with Crippen molar-refractivity contribution < 1.29 is 24.0 Å². The number of imide groups is 1. The highest BCUT2D eigenvalue weighted by Gasteiger charge is 2.42. The largest absolute Gasteiger partial charge is 0.497 e. The summed E-state index contributed by atoms with van der Waals surface area (Å²) in [5.41, 5.74) is 1.53. The minimum atomic E-state index is -0.563. The molecule has 34 heavy (non-hydrogen) atoms. The van der Waals surface area contributed by atoms with E-state index in [0.717, 1.165) is 4.90 Å². The van der Waals surface area contributed by atoms with Gasteiger partial charge in [0, 0.05) is 43.1 Å². The van der Waals surface area contributed by atoms with Gasteiger partial charge in [0.1, 0.15) is 17.2 Å². The van der Waals surface area contributed by atoms with Crippen LogP contribution in [0.1, 0.15) is 5.56 Å². The number of non-ortho nitro benzene ring substituents is 1. The molecule has 0 aliphatic carbocycles. The summed E-state index contributed by atoms with van der Waals surface area (Å²) >= 11 is 0. The first-order chi connectivity index (χ1) is 16.3. The van der Waals surface area contributed by atoms with Crippen LogP contribution in [0.25, 0.3) is 5.57 Å². The highest BCUT2D eigenvalue weighted by atomic mass is 16.6. The highest BCUT2D eigenvalue weighted by Crippen LogP contribution is 2.38. The van der Waals surface area contributed by atoms with Crippen LogP contribution in [0.5, 0.6) is 11.5 Å². The molecule has 0 aromatic heterocycles. The average Bonchev–Trinajstić information content (AvgIpc) is 3.13. The minimum Gasteiger partial charge on any atom is -0.497 e. The lowest BCUT2D eigenvalue weighted by Crippen LogP contribution is -2.34. The van der Waals surface area contributed by atoms with Crippen LogP contribution in [0.3, 0.4) is 0 Å². The molecule has 172 valence electrons. The summed E-state index contributed by atoms with van der Waals surface area (Å²) in [5, 5.41) is 11.1. The van der Waals surface area contributed by atoms with Gasteiger partial charge in [0.05, 0.1) is 30.4 Å². The van der Waals surface area contributed by atoms with E-state index >= 15 is 0 Å². The molecule has 9 heteroatoms. The maximum Gasteiger partial charge on any atom is 0.282 e. The molecule has 0 unspecified atom stereocenters. The number of hydrogen-bond acceptors (Lipinski definition) is 7. The van der Waals surface area contributed by atoms with Gasteiger partial charge in [-0.3, -0.25) is 19.7 Å². The second kappa shape index (κ2) is 9.07. The van der Waals surface area contributed by atoms with E-state index < -0.39 is 16.7 Å². The van der Waals surface area contributed by atoms with Gasteiger partial charge in [-0.05, 0) is 29.8 Å². The number of hydrogen-bond donors (Lipinski definition) is 0. The third-order valence-electron chi connectivity index (χ3n) is 5.50. The topological polar surface area (TPSA) is 102 Å². The number of anilines is 2. The first-order valence-corrected chi connectivity index (χ1v) is 10.3. The standard InChI is InChI=1S/C25H21N3O6/c1-26(17-7-5-4-6-8-17)23-22(16-9-11-18(12-10-16)28(31)32)24(29)27(25(23)30)19-13-20(33-2)15-21(14-19)34-3/h4-15H,1-3H3. The summed E-state index contributed by atoms with van der Waals surface area (Å²) < 4.78 is 10.6. The Bertz CT molecular complexity index is 1280. The fraction of sp³-hybridized carbons (Fsp3) is 0.120. The Labute approximate surface area is 195 Å². The predicted molar refractivity (Wildman–Crippen MR) is 127 cm³/mol. The normalized spacial score (nSPS) is 13.3. The zero-order chi connectivity index (χ0) is 24.4. The third kappa shape index (κ3) is 3.95. The number of carbonyl (C=O) groups excluding carboxylic acids is 2. The second-order valence-corrected chi connectivity index (χ2v) is 7.44. The molecular weight excluding hydrogens is 438 g/mol. The van der Waals surface area contributed by atoms with Gasteiger partial charge in [-0.15, -0.1) is 0 Å².